The van der Waals surface area contributed by atoms with Crippen LogP contribution in [0.5, 0.6) is 0 Å². The number of ether oxygens (including phenoxy) is 1. The van der Waals surface area contributed by atoms with Crippen LogP contribution in [0.4, 0.5) is 4.79 Å². The molecule has 0 aliphatic carbocycles. The molecule has 5 heteroatoms. The molecule has 0 atom stereocenters. The molecule has 0 bridgehead atoms. The van der Waals surface area contributed by atoms with Gasteiger partial charge in [-0.15, -0.1) is 0 Å². The van der Waals surface area contributed by atoms with E-state index in [1.807, 2.05) is 17.9 Å². The van der Waals surface area contributed by atoms with Crippen LogP contribution < -0.4 is 0 Å². The summed E-state index contributed by atoms with van der Waals surface area (Å²) >= 11 is 3.54. The first-order valence-corrected chi connectivity index (χ1v) is 8.16. The number of aromatic amines is 1. The van der Waals surface area contributed by atoms with Gasteiger partial charge in [0.25, 0.3) is 0 Å². The molecule has 0 unspecified atom stereocenters. The van der Waals surface area contributed by atoms with Crippen LogP contribution in [0.25, 0.3) is 10.9 Å². The van der Waals surface area contributed by atoms with Crippen LogP contribution in [0.2, 0.25) is 0 Å². The van der Waals surface area contributed by atoms with Gasteiger partial charge < -0.3 is 14.6 Å². The van der Waals surface area contributed by atoms with E-state index in [4.69, 9.17) is 4.74 Å². The molecule has 2 heterocycles. The summed E-state index contributed by atoms with van der Waals surface area (Å²) in [5, 5.41) is 1.28. The molecule has 3 rings (SSSR count). The fourth-order valence-electron chi connectivity index (χ4n) is 3.04. The molecule has 1 aromatic carbocycles. The number of amides is 1. The number of likely N-dealkylation sites (tertiary alicyclic amines) is 1. The van der Waals surface area contributed by atoms with Crippen molar-refractivity contribution in [2.75, 3.05) is 19.7 Å². The van der Waals surface area contributed by atoms with Gasteiger partial charge in [0.1, 0.15) is 0 Å². The third-order valence-corrected chi connectivity index (χ3v) is 4.63. The van der Waals surface area contributed by atoms with Gasteiger partial charge in [-0.3, -0.25) is 0 Å². The highest BCUT2D eigenvalue weighted by molar-refractivity contribution is 9.10. The van der Waals surface area contributed by atoms with Crippen LogP contribution in [-0.2, 0) is 4.74 Å². The molecule has 4 nitrogen and oxygen atoms in total. The van der Waals surface area contributed by atoms with E-state index in [2.05, 4.69) is 39.2 Å². The highest BCUT2D eigenvalue weighted by Gasteiger charge is 2.26. The van der Waals surface area contributed by atoms with Crippen molar-refractivity contribution in [1.82, 2.24) is 9.88 Å². The van der Waals surface area contributed by atoms with E-state index >= 15 is 0 Å². The Morgan fingerprint density at radius 3 is 2.90 bits per heavy atom. The molecule has 112 valence electrons. The molecule has 1 aliphatic heterocycles. The van der Waals surface area contributed by atoms with Gasteiger partial charge in [-0.05, 0) is 49.4 Å². The second-order valence-corrected chi connectivity index (χ2v) is 6.31. The summed E-state index contributed by atoms with van der Waals surface area (Å²) in [5.74, 6) is 0.499. The molecule has 1 saturated heterocycles. The number of hydrogen-bond donors (Lipinski definition) is 1. The molecule has 0 saturated carbocycles. The lowest BCUT2D eigenvalue weighted by Gasteiger charge is -2.31. The Hall–Kier alpha value is -1.49. The van der Waals surface area contributed by atoms with E-state index in [9.17, 15) is 4.79 Å². The maximum atomic E-state index is 11.7. The SMILES string of the molecule is CCOC(=O)N1CCC(c2c[nH]c3ccc(Br)cc23)CC1. The van der Waals surface area contributed by atoms with E-state index in [-0.39, 0.29) is 6.09 Å². The molecule has 0 radical (unpaired) electrons. The molecule has 1 aliphatic rings. The Labute approximate surface area is 132 Å². The lowest BCUT2D eigenvalue weighted by Crippen LogP contribution is -2.38. The van der Waals surface area contributed by atoms with Gasteiger partial charge in [-0.2, -0.15) is 0 Å². The molecule has 1 amide bonds. The van der Waals surface area contributed by atoms with Crippen LogP contribution >= 0.6 is 15.9 Å². The first-order chi connectivity index (χ1) is 10.2. The summed E-state index contributed by atoms with van der Waals surface area (Å²) in [7, 11) is 0. The zero-order valence-electron chi connectivity index (χ0n) is 12.1. The number of aromatic nitrogens is 1. The predicted octanol–water partition coefficient (Wildman–Crippen LogP) is 4.27. The fraction of sp³-hybridized carbons (Fsp3) is 0.438. The van der Waals surface area contributed by atoms with Gasteiger partial charge in [0, 0.05) is 34.7 Å². The predicted molar refractivity (Wildman–Crippen MR) is 86.6 cm³/mol. The van der Waals surface area contributed by atoms with Gasteiger partial charge in [0.2, 0.25) is 0 Å². The van der Waals surface area contributed by atoms with Gasteiger partial charge in [0.05, 0.1) is 6.61 Å². The maximum absolute atomic E-state index is 11.7. The zero-order chi connectivity index (χ0) is 14.8. The van der Waals surface area contributed by atoms with Crippen LogP contribution in [0.15, 0.2) is 28.9 Å². The third kappa shape index (κ3) is 2.93. The lowest BCUT2D eigenvalue weighted by molar-refractivity contribution is 0.0971. The summed E-state index contributed by atoms with van der Waals surface area (Å²) in [6, 6.07) is 6.31. The van der Waals surface area contributed by atoms with Gasteiger partial charge in [-0.25, -0.2) is 4.79 Å². The second kappa shape index (κ2) is 6.10. The number of benzene rings is 1. The van der Waals surface area contributed by atoms with Crippen molar-refractivity contribution < 1.29 is 9.53 Å². The first kappa shape index (κ1) is 14.4. The third-order valence-electron chi connectivity index (χ3n) is 4.14. The zero-order valence-corrected chi connectivity index (χ0v) is 13.6. The van der Waals surface area contributed by atoms with Gasteiger partial charge >= 0.3 is 6.09 Å². The summed E-state index contributed by atoms with van der Waals surface area (Å²) in [5.41, 5.74) is 2.52. The quantitative estimate of drug-likeness (QED) is 0.878. The van der Waals surface area contributed by atoms with Crippen molar-refractivity contribution >= 4 is 32.9 Å². The number of H-pyrrole nitrogens is 1. The van der Waals surface area contributed by atoms with Crippen LogP contribution in [-0.4, -0.2) is 35.7 Å². The minimum Gasteiger partial charge on any atom is -0.450 e. The van der Waals surface area contributed by atoms with E-state index in [1.54, 1.807) is 0 Å². The van der Waals surface area contributed by atoms with Crippen molar-refractivity contribution in [3.05, 3.63) is 34.4 Å². The Kier molecular flexibility index (Phi) is 4.19. The van der Waals surface area contributed by atoms with Crippen molar-refractivity contribution in [2.24, 2.45) is 0 Å². The summed E-state index contributed by atoms with van der Waals surface area (Å²) < 4.78 is 6.16. The van der Waals surface area contributed by atoms with Crippen molar-refractivity contribution in [3.63, 3.8) is 0 Å². The number of nitrogens with zero attached hydrogens (tertiary/aromatic N) is 1. The number of carbonyl (C=O) groups is 1. The average Bonchev–Trinajstić information content (AvgIpc) is 2.90. The Morgan fingerprint density at radius 1 is 1.43 bits per heavy atom. The monoisotopic (exact) mass is 350 g/mol. The summed E-state index contributed by atoms with van der Waals surface area (Å²) in [6.45, 7) is 3.82. The summed E-state index contributed by atoms with van der Waals surface area (Å²) in [6.07, 6.45) is 3.90. The van der Waals surface area contributed by atoms with Crippen molar-refractivity contribution in [3.8, 4) is 0 Å². The smallest absolute Gasteiger partial charge is 0.409 e. The summed E-state index contributed by atoms with van der Waals surface area (Å²) in [4.78, 5) is 16.9. The lowest BCUT2D eigenvalue weighted by atomic mass is 9.89. The Balaban J connectivity index is 1.74. The molecule has 2 aromatic rings. The highest BCUT2D eigenvalue weighted by Crippen LogP contribution is 2.34. The largest absolute Gasteiger partial charge is 0.450 e. The number of fused-ring (bicyclic) bond motifs is 1. The molecule has 1 fully saturated rings. The number of carbonyl (C=O) groups excluding carboxylic acids is 1. The van der Waals surface area contributed by atoms with E-state index in [1.165, 1.54) is 16.5 Å². The number of rotatable bonds is 2. The maximum Gasteiger partial charge on any atom is 0.409 e. The van der Waals surface area contributed by atoms with Crippen molar-refractivity contribution in [2.45, 2.75) is 25.7 Å². The molecule has 0 spiro atoms. The Bertz CT molecular complexity index is 645. The molecule has 1 aromatic heterocycles. The molecular formula is C16H19BrN2O2. The van der Waals surface area contributed by atoms with E-state index < -0.39 is 0 Å². The van der Waals surface area contributed by atoms with Crippen LogP contribution in [0.1, 0.15) is 31.2 Å². The normalized spacial score (nSPS) is 16.4. The first-order valence-electron chi connectivity index (χ1n) is 7.37. The number of hydrogen-bond acceptors (Lipinski definition) is 2. The number of halogens is 1. The van der Waals surface area contributed by atoms with Gasteiger partial charge in [0.15, 0.2) is 0 Å². The fourth-order valence-corrected chi connectivity index (χ4v) is 3.40. The topological polar surface area (TPSA) is 45.3 Å². The number of piperidine rings is 1. The molecule has 21 heavy (non-hydrogen) atoms. The Morgan fingerprint density at radius 2 is 2.19 bits per heavy atom. The minimum absolute atomic E-state index is 0.183. The van der Waals surface area contributed by atoms with E-state index in [0.717, 1.165) is 30.4 Å². The number of nitrogens with one attached hydrogen (secondary N) is 1. The standard InChI is InChI=1S/C16H19BrN2O2/c1-2-21-16(20)19-7-5-11(6-8-19)14-10-18-15-4-3-12(17)9-13(14)15/h3-4,9-11,18H,2,5-8H2,1H3. The van der Waals surface area contributed by atoms with Crippen LogP contribution in [0.3, 0.4) is 0 Å². The van der Waals surface area contributed by atoms with Crippen molar-refractivity contribution in [1.29, 1.82) is 0 Å². The highest BCUT2D eigenvalue weighted by atomic mass is 79.9. The second-order valence-electron chi connectivity index (χ2n) is 5.39. The minimum atomic E-state index is -0.183. The average molecular weight is 351 g/mol. The van der Waals surface area contributed by atoms with E-state index in [0.29, 0.717) is 12.5 Å². The molecule has 1 N–H and O–H groups in total. The molecular weight excluding hydrogens is 332 g/mol. The van der Waals surface area contributed by atoms with Gasteiger partial charge in [-0.1, -0.05) is 15.9 Å². The van der Waals surface area contributed by atoms with Crippen LogP contribution in [0, 0.1) is 0 Å².